The molecule has 0 aliphatic carbocycles. The summed E-state index contributed by atoms with van der Waals surface area (Å²) in [7, 11) is 0. The summed E-state index contributed by atoms with van der Waals surface area (Å²) in [6, 6.07) is 7.85. The third-order valence-electron chi connectivity index (χ3n) is 2.74. The van der Waals surface area contributed by atoms with Crippen molar-refractivity contribution in [2.75, 3.05) is 0 Å². The second-order valence-corrected chi connectivity index (χ2v) is 4.47. The first-order valence-electron chi connectivity index (χ1n) is 5.74. The van der Waals surface area contributed by atoms with E-state index in [-0.39, 0.29) is 6.04 Å². The highest BCUT2D eigenvalue weighted by molar-refractivity contribution is 6.31. The molecule has 0 amide bonds. The maximum absolute atomic E-state index is 6.08. The Labute approximate surface area is 111 Å². The predicted octanol–water partition coefficient (Wildman–Crippen LogP) is 1.75. The molecule has 0 saturated heterocycles. The highest BCUT2D eigenvalue weighted by atomic mass is 35.5. The Morgan fingerprint density at radius 2 is 2.11 bits per heavy atom. The lowest BCUT2D eigenvalue weighted by molar-refractivity contribution is 0.517. The Balaban J connectivity index is 2.04. The lowest BCUT2D eigenvalue weighted by Gasteiger charge is -2.16. The molecule has 3 N–H and O–H groups in total. The van der Waals surface area contributed by atoms with Gasteiger partial charge < -0.3 is 0 Å². The van der Waals surface area contributed by atoms with Gasteiger partial charge in [0.2, 0.25) is 0 Å². The van der Waals surface area contributed by atoms with Gasteiger partial charge in [-0.1, -0.05) is 17.7 Å². The van der Waals surface area contributed by atoms with Crippen LogP contribution in [0.1, 0.15) is 11.3 Å². The van der Waals surface area contributed by atoms with Gasteiger partial charge in [0.1, 0.15) is 0 Å². The molecule has 0 spiro atoms. The third kappa shape index (κ3) is 3.50. The number of hydrogen-bond donors (Lipinski definition) is 2. The first-order valence-corrected chi connectivity index (χ1v) is 6.12. The second-order valence-electron chi connectivity index (χ2n) is 4.06. The van der Waals surface area contributed by atoms with Crippen LogP contribution in [0.2, 0.25) is 5.02 Å². The molecule has 1 unspecified atom stereocenters. The number of nitrogens with zero attached hydrogens (tertiary/aromatic N) is 2. The number of nitrogens with two attached hydrogens (primary N) is 1. The summed E-state index contributed by atoms with van der Waals surface area (Å²) >= 11 is 6.08. The lowest BCUT2D eigenvalue weighted by Crippen LogP contribution is -2.38. The Hall–Kier alpha value is -1.49. The fraction of sp³-hybridized carbons (Fsp3) is 0.231. The molecular weight excluding hydrogens is 248 g/mol. The molecule has 4 nitrogen and oxygen atoms in total. The second kappa shape index (κ2) is 6.44. The maximum Gasteiger partial charge on any atom is 0.0621 e. The lowest BCUT2D eigenvalue weighted by atomic mass is 10.0. The topological polar surface area (TPSA) is 63.8 Å². The van der Waals surface area contributed by atoms with Crippen LogP contribution in [0.25, 0.3) is 0 Å². The summed E-state index contributed by atoms with van der Waals surface area (Å²) in [6.45, 7) is 0. The normalized spacial score (nSPS) is 12.3. The fourth-order valence-corrected chi connectivity index (χ4v) is 1.99. The number of halogens is 1. The van der Waals surface area contributed by atoms with E-state index in [0.29, 0.717) is 5.02 Å². The first-order chi connectivity index (χ1) is 8.79. The van der Waals surface area contributed by atoms with Crippen LogP contribution in [0.3, 0.4) is 0 Å². The van der Waals surface area contributed by atoms with Gasteiger partial charge in [-0.05, 0) is 30.2 Å². The minimum Gasteiger partial charge on any atom is -0.271 e. The Morgan fingerprint density at radius 3 is 2.78 bits per heavy atom. The van der Waals surface area contributed by atoms with Crippen LogP contribution in [0, 0.1) is 0 Å². The minimum atomic E-state index is 0.0970. The fourth-order valence-electron chi connectivity index (χ4n) is 1.80. The Kier molecular flexibility index (Phi) is 4.64. The van der Waals surface area contributed by atoms with Crippen LogP contribution in [-0.4, -0.2) is 16.0 Å². The molecule has 94 valence electrons. The van der Waals surface area contributed by atoms with Crippen LogP contribution in [0.5, 0.6) is 0 Å². The van der Waals surface area contributed by atoms with E-state index in [2.05, 4.69) is 15.4 Å². The van der Waals surface area contributed by atoms with Crippen molar-refractivity contribution in [3.8, 4) is 0 Å². The van der Waals surface area contributed by atoms with Gasteiger partial charge in [-0.3, -0.25) is 21.2 Å². The standard InChI is InChI=1S/C13H15ClN4/c14-13-9-16-6-4-10(13)7-12(18-15)8-11-3-1-2-5-17-11/h1-6,9,12,18H,7-8,15H2. The molecule has 0 bridgehead atoms. The Morgan fingerprint density at radius 1 is 1.22 bits per heavy atom. The molecule has 0 fully saturated rings. The van der Waals surface area contributed by atoms with Gasteiger partial charge in [-0.2, -0.15) is 0 Å². The largest absolute Gasteiger partial charge is 0.271 e. The molecule has 2 heterocycles. The van der Waals surface area contributed by atoms with Crippen molar-refractivity contribution >= 4 is 11.6 Å². The SMILES string of the molecule is NNC(Cc1ccccn1)Cc1ccncc1Cl. The molecule has 2 aromatic heterocycles. The van der Waals surface area contributed by atoms with Gasteiger partial charge in [0, 0.05) is 36.7 Å². The molecule has 18 heavy (non-hydrogen) atoms. The predicted molar refractivity (Wildman–Crippen MR) is 72.0 cm³/mol. The van der Waals surface area contributed by atoms with Crippen molar-refractivity contribution in [2.45, 2.75) is 18.9 Å². The molecule has 0 aliphatic rings. The quantitative estimate of drug-likeness (QED) is 0.637. The third-order valence-corrected chi connectivity index (χ3v) is 3.08. The van der Waals surface area contributed by atoms with E-state index in [9.17, 15) is 0 Å². The maximum atomic E-state index is 6.08. The van der Waals surface area contributed by atoms with Crippen LogP contribution in [0.4, 0.5) is 0 Å². The van der Waals surface area contributed by atoms with Crippen LogP contribution >= 0.6 is 11.6 Å². The average Bonchev–Trinajstić information content (AvgIpc) is 2.41. The smallest absolute Gasteiger partial charge is 0.0621 e. The number of aromatic nitrogens is 2. The number of hydrogen-bond acceptors (Lipinski definition) is 4. The zero-order chi connectivity index (χ0) is 12.8. The summed E-state index contributed by atoms with van der Waals surface area (Å²) in [5.41, 5.74) is 4.85. The summed E-state index contributed by atoms with van der Waals surface area (Å²) < 4.78 is 0. The van der Waals surface area contributed by atoms with Crippen molar-refractivity contribution in [3.63, 3.8) is 0 Å². The number of pyridine rings is 2. The summed E-state index contributed by atoms with van der Waals surface area (Å²) in [5, 5.41) is 0.666. The molecule has 0 radical (unpaired) electrons. The molecule has 0 aliphatic heterocycles. The zero-order valence-electron chi connectivity index (χ0n) is 9.88. The van der Waals surface area contributed by atoms with Crippen LogP contribution in [0.15, 0.2) is 42.9 Å². The highest BCUT2D eigenvalue weighted by Gasteiger charge is 2.11. The van der Waals surface area contributed by atoms with E-state index in [1.165, 1.54) is 0 Å². The molecular formula is C13H15ClN4. The first kappa shape index (κ1) is 13.0. The molecule has 1 atom stereocenters. The van der Waals surface area contributed by atoms with Crippen molar-refractivity contribution in [1.82, 2.24) is 15.4 Å². The summed E-state index contributed by atoms with van der Waals surface area (Å²) in [6.07, 6.45) is 6.66. The molecule has 2 rings (SSSR count). The molecule has 2 aromatic rings. The van der Waals surface area contributed by atoms with Crippen molar-refractivity contribution in [1.29, 1.82) is 0 Å². The number of nitrogens with one attached hydrogen (secondary N) is 1. The van der Waals surface area contributed by atoms with Gasteiger partial charge in [0.25, 0.3) is 0 Å². The summed E-state index contributed by atoms with van der Waals surface area (Å²) in [5.74, 6) is 5.58. The monoisotopic (exact) mass is 262 g/mol. The molecule has 0 saturated carbocycles. The van der Waals surface area contributed by atoms with E-state index in [1.54, 1.807) is 18.6 Å². The van der Waals surface area contributed by atoms with E-state index in [0.717, 1.165) is 24.1 Å². The number of rotatable bonds is 5. The van der Waals surface area contributed by atoms with Gasteiger partial charge in [0.15, 0.2) is 0 Å². The van der Waals surface area contributed by atoms with Gasteiger partial charge in [0.05, 0.1) is 5.02 Å². The van der Waals surface area contributed by atoms with E-state index >= 15 is 0 Å². The van der Waals surface area contributed by atoms with Crippen LogP contribution < -0.4 is 11.3 Å². The van der Waals surface area contributed by atoms with Crippen molar-refractivity contribution in [3.05, 3.63) is 59.1 Å². The number of hydrazine groups is 1. The Bertz CT molecular complexity index is 489. The van der Waals surface area contributed by atoms with Gasteiger partial charge in [-0.25, -0.2) is 0 Å². The molecule has 0 aromatic carbocycles. The van der Waals surface area contributed by atoms with Gasteiger partial charge in [-0.15, -0.1) is 0 Å². The highest BCUT2D eigenvalue weighted by Crippen LogP contribution is 2.16. The van der Waals surface area contributed by atoms with E-state index in [1.807, 2.05) is 24.3 Å². The van der Waals surface area contributed by atoms with Crippen molar-refractivity contribution < 1.29 is 0 Å². The zero-order valence-corrected chi connectivity index (χ0v) is 10.6. The summed E-state index contributed by atoms with van der Waals surface area (Å²) in [4.78, 5) is 8.26. The van der Waals surface area contributed by atoms with Crippen LogP contribution in [-0.2, 0) is 12.8 Å². The molecule has 5 heteroatoms. The van der Waals surface area contributed by atoms with Gasteiger partial charge >= 0.3 is 0 Å². The van der Waals surface area contributed by atoms with E-state index in [4.69, 9.17) is 17.4 Å². The van der Waals surface area contributed by atoms with E-state index < -0.39 is 0 Å². The minimum absolute atomic E-state index is 0.0970. The average molecular weight is 263 g/mol. The van der Waals surface area contributed by atoms with Crippen molar-refractivity contribution in [2.24, 2.45) is 5.84 Å².